The molecule has 103 valence electrons. The van der Waals surface area contributed by atoms with Gasteiger partial charge in [0.15, 0.2) is 0 Å². The molecule has 0 bridgehead atoms. The first-order valence-electron chi connectivity index (χ1n) is 7.10. The van der Waals surface area contributed by atoms with E-state index in [0.29, 0.717) is 0 Å². The zero-order valence-electron chi connectivity index (χ0n) is 12.0. The molecule has 0 heterocycles. The van der Waals surface area contributed by atoms with Gasteiger partial charge in [0.1, 0.15) is 11.5 Å². The topological polar surface area (TPSA) is 9.23 Å². The van der Waals surface area contributed by atoms with Crippen molar-refractivity contribution in [2.24, 2.45) is 0 Å². The van der Waals surface area contributed by atoms with Crippen LogP contribution in [0.25, 0.3) is 0 Å². The van der Waals surface area contributed by atoms with Crippen molar-refractivity contribution >= 4 is 0 Å². The van der Waals surface area contributed by atoms with Gasteiger partial charge in [0.2, 0.25) is 0 Å². The predicted octanol–water partition coefficient (Wildman–Crippen LogP) is 5.18. The number of ether oxygens (including phenoxy) is 1. The van der Waals surface area contributed by atoms with Crippen LogP contribution in [0, 0.1) is 13.0 Å². The normalized spacial score (nSPS) is 10.3. The van der Waals surface area contributed by atoms with Gasteiger partial charge in [-0.3, -0.25) is 0 Å². The highest BCUT2D eigenvalue weighted by Gasteiger charge is 2.07. The molecule has 1 heteroatoms. The van der Waals surface area contributed by atoms with Crippen LogP contribution in [0.3, 0.4) is 0 Å². The fourth-order valence-corrected chi connectivity index (χ4v) is 2.31. The summed E-state index contributed by atoms with van der Waals surface area (Å²) in [5.74, 6) is 1.75. The Morgan fingerprint density at radius 2 is 1.52 bits per heavy atom. The van der Waals surface area contributed by atoms with Gasteiger partial charge in [-0.05, 0) is 54.3 Å². The lowest BCUT2D eigenvalue weighted by Crippen LogP contribution is -1.95. The van der Waals surface area contributed by atoms with Gasteiger partial charge < -0.3 is 4.74 Å². The molecule has 0 aliphatic carbocycles. The van der Waals surface area contributed by atoms with Crippen LogP contribution in [0.1, 0.15) is 16.7 Å². The lowest BCUT2D eigenvalue weighted by Gasteiger charge is -2.12. The molecule has 0 aromatic heterocycles. The van der Waals surface area contributed by atoms with E-state index in [1.165, 1.54) is 11.1 Å². The summed E-state index contributed by atoms with van der Waals surface area (Å²) in [4.78, 5) is 0. The zero-order chi connectivity index (χ0) is 14.5. The standard InChI is InChI=1S/C20H17O/c1-16-18(15-17-9-4-2-5-10-17)11-8-14-20(16)21-19-12-6-3-7-13-19/h2-10,12-14H,15H2,1H3. The highest BCUT2D eigenvalue weighted by atomic mass is 16.5. The second-order valence-corrected chi connectivity index (χ2v) is 5.02. The van der Waals surface area contributed by atoms with Gasteiger partial charge in [0.05, 0.1) is 0 Å². The fourth-order valence-electron chi connectivity index (χ4n) is 2.31. The molecule has 3 rings (SSSR count). The van der Waals surface area contributed by atoms with Gasteiger partial charge in [0.25, 0.3) is 0 Å². The maximum atomic E-state index is 5.97. The summed E-state index contributed by atoms with van der Waals surface area (Å²) in [5.41, 5.74) is 3.61. The first-order chi connectivity index (χ1) is 10.3. The number of benzene rings is 3. The lowest BCUT2D eigenvalue weighted by molar-refractivity contribution is 0.478. The minimum atomic E-state index is 0.859. The summed E-state index contributed by atoms with van der Waals surface area (Å²) in [6.07, 6.45) is 0.874. The Balaban J connectivity index is 1.85. The molecule has 0 atom stereocenters. The van der Waals surface area contributed by atoms with Crippen LogP contribution in [-0.4, -0.2) is 0 Å². The minimum Gasteiger partial charge on any atom is -0.457 e. The van der Waals surface area contributed by atoms with Crippen molar-refractivity contribution in [2.45, 2.75) is 13.3 Å². The van der Waals surface area contributed by atoms with E-state index >= 15 is 0 Å². The molecule has 0 fully saturated rings. The number of hydrogen-bond acceptors (Lipinski definition) is 1. The SMILES string of the molecule is Cc1c(Cc2ccccc2)[c]ccc1Oc1ccccc1. The summed E-state index contributed by atoms with van der Waals surface area (Å²) in [6.45, 7) is 2.09. The number of para-hydroxylation sites is 1. The smallest absolute Gasteiger partial charge is 0.130 e. The van der Waals surface area contributed by atoms with Crippen molar-refractivity contribution in [2.75, 3.05) is 0 Å². The Hall–Kier alpha value is -2.54. The van der Waals surface area contributed by atoms with Gasteiger partial charge in [-0.25, -0.2) is 0 Å². The van der Waals surface area contributed by atoms with Crippen molar-refractivity contribution in [3.05, 3.63) is 95.6 Å². The Morgan fingerprint density at radius 3 is 2.24 bits per heavy atom. The Kier molecular flexibility index (Phi) is 4.02. The second kappa shape index (κ2) is 6.27. The van der Waals surface area contributed by atoms with Crippen LogP contribution in [0.5, 0.6) is 11.5 Å². The Labute approximate surface area is 125 Å². The molecule has 0 spiro atoms. The van der Waals surface area contributed by atoms with E-state index in [2.05, 4.69) is 37.3 Å². The van der Waals surface area contributed by atoms with Crippen LogP contribution in [-0.2, 0) is 6.42 Å². The minimum absolute atomic E-state index is 0.859. The molecule has 0 saturated heterocycles. The summed E-state index contributed by atoms with van der Waals surface area (Å²) < 4.78 is 5.97. The third-order valence-corrected chi connectivity index (χ3v) is 3.51. The van der Waals surface area contributed by atoms with Crippen LogP contribution in [0.2, 0.25) is 0 Å². The van der Waals surface area contributed by atoms with E-state index in [4.69, 9.17) is 4.74 Å². The maximum Gasteiger partial charge on any atom is 0.130 e. The quantitative estimate of drug-likeness (QED) is 0.636. The highest BCUT2D eigenvalue weighted by Crippen LogP contribution is 2.27. The van der Waals surface area contributed by atoms with Gasteiger partial charge in [-0.15, -0.1) is 0 Å². The van der Waals surface area contributed by atoms with Crippen LogP contribution in [0.15, 0.2) is 72.8 Å². The number of rotatable bonds is 4. The molecular formula is C20H17O. The predicted molar refractivity (Wildman–Crippen MR) is 85.8 cm³/mol. The summed E-state index contributed by atoms with van der Waals surface area (Å²) in [5, 5.41) is 0. The van der Waals surface area contributed by atoms with Crippen molar-refractivity contribution in [1.29, 1.82) is 0 Å². The molecule has 1 nitrogen and oxygen atoms in total. The van der Waals surface area contributed by atoms with Crippen molar-refractivity contribution in [1.82, 2.24) is 0 Å². The van der Waals surface area contributed by atoms with Crippen LogP contribution in [0.4, 0.5) is 0 Å². The first kappa shape index (κ1) is 13.4. The van der Waals surface area contributed by atoms with Gasteiger partial charge >= 0.3 is 0 Å². The lowest BCUT2D eigenvalue weighted by atomic mass is 10.00. The maximum absolute atomic E-state index is 5.97. The molecule has 0 unspecified atom stereocenters. The van der Waals surface area contributed by atoms with E-state index in [9.17, 15) is 0 Å². The van der Waals surface area contributed by atoms with Gasteiger partial charge in [-0.1, -0.05) is 54.6 Å². The fraction of sp³-hybridized carbons (Fsp3) is 0.100. The van der Waals surface area contributed by atoms with Crippen molar-refractivity contribution < 1.29 is 4.74 Å². The third-order valence-electron chi connectivity index (χ3n) is 3.51. The molecule has 1 radical (unpaired) electrons. The Bertz CT molecular complexity index is 643. The molecule has 0 aliphatic heterocycles. The van der Waals surface area contributed by atoms with E-state index in [1.54, 1.807) is 0 Å². The molecule has 0 aliphatic rings. The largest absolute Gasteiger partial charge is 0.457 e. The zero-order valence-corrected chi connectivity index (χ0v) is 12.0. The Morgan fingerprint density at radius 1 is 0.857 bits per heavy atom. The van der Waals surface area contributed by atoms with E-state index in [0.717, 1.165) is 23.5 Å². The monoisotopic (exact) mass is 273 g/mol. The molecule has 0 N–H and O–H groups in total. The molecule has 3 aromatic carbocycles. The molecule has 3 aromatic rings. The molecule has 0 amide bonds. The van der Waals surface area contributed by atoms with Crippen LogP contribution < -0.4 is 4.74 Å². The van der Waals surface area contributed by atoms with Crippen molar-refractivity contribution in [3.63, 3.8) is 0 Å². The summed E-state index contributed by atoms with van der Waals surface area (Å²) >= 11 is 0. The average Bonchev–Trinajstić information content (AvgIpc) is 2.53. The van der Waals surface area contributed by atoms with Gasteiger partial charge in [-0.2, -0.15) is 0 Å². The second-order valence-electron chi connectivity index (χ2n) is 5.02. The van der Waals surface area contributed by atoms with Crippen LogP contribution >= 0.6 is 0 Å². The van der Waals surface area contributed by atoms with Gasteiger partial charge in [0, 0.05) is 0 Å². The van der Waals surface area contributed by atoms with E-state index in [1.807, 2.05) is 48.5 Å². The summed E-state index contributed by atoms with van der Waals surface area (Å²) in [7, 11) is 0. The highest BCUT2D eigenvalue weighted by molar-refractivity contribution is 5.43. The summed E-state index contributed by atoms with van der Waals surface area (Å²) in [6, 6.07) is 27.5. The first-order valence-corrected chi connectivity index (χ1v) is 7.10. The average molecular weight is 273 g/mol. The molecular weight excluding hydrogens is 256 g/mol. The molecule has 0 saturated carbocycles. The van der Waals surface area contributed by atoms with E-state index in [-0.39, 0.29) is 0 Å². The van der Waals surface area contributed by atoms with E-state index < -0.39 is 0 Å². The molecule has 21 heavy (non-hydrogen) atoms. The van der Waals surface area contributed by atoms with Crippen molar-refractivity contribution in [3.8, 4) is 11.5 Å². The number of hydrogen-bond donors (Lipinski definition) is 0. The third kappa shape index (κ3) is 3.32.